The molecule has 1 amide bonds. The lowest BCUT2D eigenvalue weighted by molar-refractivity contribution is -0.137. The van der Waals surface area contributed by atoms with Crippen LogP contribution in [0.3, 0.4) is 0 Å². The Hall–Kier alpha value is -1.78. The van der Waals surface area contributed by atoms with Crippen LogP contribution in [0.5, 0.6) is 0 Å². The minimum Gasteiger partial charge on any atom is -0.480 e. The van der Waals surface area contributed by atoms with Gasteiger partial charge < -0.3 is 15.0 Å². The maximum absolute atomic E-state index is 11.6. The first-order valence-corrected chi connectivity index (χ1v) is 4.84. The van der Waals surface area contributed by atoms with Crippen molar-refractivity contribution in [2.45, 2.75) is 25.4 Å². The zero-order valence-electron chi connectivity index (χ0n) is 8.14. The molecule has 1 fully saturated rings. The van der Waals surface area contributed by atoms with E-state index in [4.69, 9.17) is 5.11 Å². The van der Waals surface area contributed by atoms with Crippen molar-refractivity contribution in [3.05, 3.63) is 24.0 Å². The molecule has 1 heterocycles. The maximum Gasteiger partial charge on any atom is 0.323 e. The van der Waals surface area contributed by atoms with E-state index in [1.54, 1.807) is 18.3 Å². The van der Waals surface area contributed by atoms with Crippen molar-refractivity contribution in [2.75, 3.05) is 0 Å². The Bertz CT molecular complexity index is 393. The van der Waals surface area contributed by atoms with Crippen LogP contribution in [0.25, 0.3) is 0 Å². The van der Waals surface area contributed by atoms with Crippen LogP contribution in [0.1, 0.15) is 23.3 Å². The van der Waals surface area contributed by atoms with E-state index in [2.05, 4.69) is 5.32 Å². The number of nitrogens with zero attached hydrogens (tertiary/aromatic N) is 1. The van der Waals surface area contributed by atoms with E-state index in [9.17, 15) is 9.59 Å². The van der Waals surface area contributed by atoms with Crippen molar-refractivity contribution in [3.63, 3.8) is 0 Å². The average Bonchev–Trinajstić information content (AvgIpc) is 2.83. The third-order valence-electron chi connectivity index (χ3n) is 2.28. The van der Waals surface area contributed by atoms with Gasteiger partial charge in [-0.05, 0) is 25.0 Å². The largest absolute Gasteiger partial charge is 0.480 e. The number of carboxylic acids is 1. The number of aliphatic carboxylic acids is 1. The lowest BCUT2D eigenvalue weighted by Gasteiger charge is -2.06. The topological polar surface area (TPSA) is 71.3 Å². The number of carbonyl (C=O) groups excluding carboxylic acids is 1. The Kier molecular flexibility index (Phi) is 2.45. The summed E-state index contributed by atoms with van der Waals surface area (Å²) < 4.78 is 1.43. The molecule has 0 aromatic carbocycles. The third kappa shape index (κ3) is 2.37. The quantitative estimate of drug-likeness (QED) is 0.755. The zero-order chi connectivity index (χ0) is 10.8. The summed E-state index contributed by atoms with van der Waals surface area (Å²) in [6, 6.07) is 3.58. The van der Waals surface area contributed by atoms with Gasteiger partial charge in [0.05, 0.1) is 0 Å². The molecule has 5 heteroatoms. The molecule has 0 aliphatic heterocycles. The van der Waals surface area contributed by atoms with Gasteiger partial charge in [0.25, 0.3) is 5.91 Å². The highest BCUT2D eigenvalue weighted by Gasteiger charge is 2.24. The minimum atomic E-state index is -0.952. The molecule has 1 aliphatic rings. The van der Waals surface area contributed by atoms with Crippen LogP contribution in [0.2, 0.25) is 0 Å². The maximum atomic E-state index is 11.6. The number of hydrogen-bond donors (Lipinski definition) is 2. The predicted octanol–water partition coefficient (Wildman–Crippen LogP) is 0.465. The summed E-state index contributed by atoms with van der Waals surface area (Å²) in [5.74, 6) is -1.14. The normalized spacial score (nSPS) is 14.9. The van der Waals surface area contributed by atoms with Crippen LogP contribution in [-0.4, -0.2) is 27.6 Å². The highest BCUT2D eigenvalue weighted by atomic mass is 16.4. The molecule has 2 N–H and O–H groups in total. The van der Waals surface area contributed by atoms with Gasteiger partial charge in [-0.25, -0.2) is 0 Å². The molecule has 1 aromatic rings. The van der Waals surface area contributed by atoms with Gasteiger partial charge in [-0.2, -0.15) is 0 Å². The van der Waals surface area contributed by atoms with Gasteiger partial charge in [0.15, 0.2) is 0 Å². The smallest absolute Gasteiger partial charge is 0.323 e. The van der Waals surface area contributed by atoms with Crippen molar-refractivity contribution in [3.8, 4) is 0 Å². The summed E-state index contributed by atoms with van der Waals surface area (Å²) >= 11 is 0. The molecular formula is C10H12N2O3. The van der Waals surface area contributed by atoms with Gasteiger partial charge in [-0.3, -0.25) is 9.59 Å². The monoisotopic (exact) mass is 208 g/mol. The number of hydrogen-bond acceptors (Lipinski definition) is 2. The van der Waals surface area contributed by atoms with Gasteiger partial charge in [0, 0.05) is 12.2 Å². The van der Waals surface area contributed by atoms with E-state index >= 15 is 0 Å². The predicted molar refractivity (Wildman–Crippen MR) is 52.6 cm³/mol. The van der Waals surface area contributed by atoms with Gasteiger partial charge in [-0.15, -0.1) is 0 Å². The first-order valence-electron chi connectivity index (χ1n) is 4.84. The first-order chi connectivity index (χ1) is 7.16. The van der Waals surface area contributed by atoms with Crippen LogP contribution >= 0.6 is 0 Å². The Balaban J connectivity index is 2.08. The molecule has 0 spiro atoms. The Morgan fingerprint density at radius 3 is 2.87 bits per heavy atom. The molecule has 1 aliphatic carbocycles. The standard InChI is InChI=1S/C10H12N2O3/c13-9(14)6-12-5-1-2-8(12)10(15)11-7-3-4-7/h1-2,5,7H,3-4,6H2,(H,11,15)(H,13,14). The van der Waals surface area contributed by atoms with Crippen molar-refractivity contribution < 1.29 is 14.7 Å². The number of rotatable bonds is 4. The molecule has 15 heavy (non-hydrogen) atoms. The van der Waals surface area contributed by atoms with E-state index < -0.39 is 5.97 Å². The lowest BCUT2D eigenvalue weighted by Crippen LogP contribution is -2.28. The number of amides is 1. The van der Waals surface area contributed by atoms with Crippen molar-refractivity contribution in [2.24, 2.45) is 0 Å². The summed E-state index contributed by atoms with van der Waals surface area (Å²) in [5.41, 5.74) is 0.407. The molecule has 0 saturated heterocycles. The number of aromatic nitrogens is 1. The third-order valence-corrected chi connectivity index (χ3v) is 2.28. The highest BCUT2D eigenvalue weighted by molar-refractivity contribution is 5.93. The first kappa shape index (κ1) is 9.76. The summed E-state index contributed by atoms with van der Waals surface area (Å²) in [7, 11) is 0. The average molecular weight is 208 g/mol. The van der Waals surface area contributed by atoms with Crippen LogP contribution < -0.4 is 5.32 Å². The fourth-order valence-corrected chi connectivity index (χ4v) is 1.39. The van der Waals surface area contributed by atoms with E-state index in [1.165, 1.54) is 4.57 Å². The molecule has 1 saturated carbocycles. The molecule has 80 valence electrons. The summed E-state index contributed by atoms with van der Waals surface area (Å²) in [5, 5.41) is 11.5. The summed E-state index contributed by atoms with van der Waals surface area (Å²) in [6.07, 6.45) is 3.63. The van der Waals surface area contributed by atoms with Crippen molar-refractivity contribution >= 4 is 11.9 Å². The van der Waals surface area contributed by atoms with E-state index in [0.717, 1.165) is 12.8 Å². The van der Waals surface area contributed by atoms with Crippen LogP contribution in [-0.2, 0) is 11.3 Å². The van der Waals surface area contributed by atoms with Gasteiger partial charge in [0.1, 0.15) is 12.2 Å². The molecule has 0 unspecified atom stereocenters. The van der Waals surface area contributed by atoms with Gasteiger partial charge in [0.2, 0.25) is 0 Å². The van der Waals surface area contributed by atoms with Gasteiger partial charge >= 0.3 is 5.97 Å². The molecular weight excluding hydrogens is 196 g/mol. The van der Waals surface area contributed by atoms with Crippen molar-refractivity contribution in [1.82, 2.24) is 9.88 Å². The highest BCUT2D eigenvalue weighted by Crippen LogP contribution is 2.19. The second-order valence-electron chi connectivity index (χ2n) is 3.66. The fourth-order valence-electron chi connectivity index (χ4n) is 1.39. The summed E-state index contributed by atoms with van der Waals surface area (Å²) in [6.45, 7) is -0.180. The van der Waals surface area contributed by atoms with E-state index in [1.807, 2.05) is 0 Å². The lowest BCUT2D eigenvalue weighted by atomic mass is 10.4. The van der Waals surface area contributed by atoms with E-state index in [0.29, 0.717) is 5.69 Å². The molecule has 1 aromatic heterocycles. The Morgan fingerprint density at radius 1 is 1.53 bits per heavy atom. The second-order valence-corrected chi connectivity index (χ2v) is 3.66. The molecule has 0 bridgehead atoms. The van der Waals surface area contributed by atoms with Crippen LogP contribution in [0, 0.1) is 0 Å². The van der Waals surface area contributed by atoms with Crippen LogP contribution in [0.4, 0.5) is 0 Å². The summed E-state index contributed by atoms with van der Waals surface area (Å²) in [4.78, 5) is 22.2. The Labute approximate surface area is 86.7 Å². The van der Waals surface area contributed by atoms with E-state index in [-0.39, 0.29) is 18.5 Å². The number of nitrogens with one attached hydrogen (secondary N) is 1. The number of carboxylic acid groups (broad SMARTS) is 1. The second kappa shape index (κ2) is 3.76. The Morgan fingerprint density at radius 2 is 2.27 bits per heavy atom. The van der Waals surface area contributed by atoms with Crippen molar-refractivity contribution in [1.29, 1.82) is 0 Å². The zero-order valence-corrected chi connectivity index (χ0v) is 8.14. The van der Waals surface area contributed by atoms with Crippen LogP contribution in [0.15, 0.2) is 18.3 Å². The molecule has 0 radical (unpaired) electrons. The van der Waals surface area contributed by atoms with Gasteiger partial charge in [-0.1, -0.05) is 0 Å². The number of carbonyl (C=O) groups is 2. The fraction of sp³-hybridized carbons (Fsp3) is 0.400. The molecule has 0 atom stereocenters. The molecule has 5 nitrogen and oxygen atoms in total. The molecule has 2 rings (SSSR count). The minimum absolute atomic E-state index is 0.180. The SMILES string of the molecule is O=C(O)Cn1cccc1C(=O)NC1CC1.